The highest BCUT2D eigenvalue weighted by Crippen LogP contribution is 2.16. The van der Waals surface area contributed by atoms with Crippen molar-refractivity contribution in [2.75, 3.05) is 7.11 Å². The molecule has 2 aromatic carbocycles. The summed E-state index contributed by atoms with van der Waals surface area (Å²) in [6.45, 7) is 0. The smallest absolute Gasteiger partial charge is 0.326 e. The van der Waals surface area contributed by atoms with Crippen molar-refractivity contribution in [1.82, 2.24) is 5.32 Å². The van der Waals surface area contributed by atoms with Gasteiger partial charge in [0.25, 0.3) is 5.91 Å². The molecule has 5 nitrogen and oxygen atoms in total. The number of ether oxygens (including phenoxy) is 1. The van der Waals surface area contributed by atoms with Gasteiger partial charge in [-0.15, -0.1) is 0 Å². The first-order valence-electron chi connectivity index (χ1n) is 6.92. The van der Waals surface area contributed by atoms with E-state index < -0.39 is 17.9 Å². The molecule has 0 aliphatic carbocycles. The van der Waals surface area contributed by atoms with Gasteiger partial charge in [-0.05, 0) is 29.8 Å². The van der Waals surface area contributed by atoms with Gasteiger partial charge in [0.05, 0.1) is 17.7 Å². The van der Waals surface area contributed by atoms with E-state index in [-0.39, 0.29) is 17.0 Å². The van der Waals surface area contributed by atoms with Crippen LogP contribution in [0, 0.1) is 0 Å². The van der Waals surface area contributed by atoms with Crippen LogP contribution in [-0.2, 0) is 11.2 Å². The zero-order valence-corrected chi connectivity index (χ0v) is 13.2. The molecule has 0 aliphatic rings. The molecule has 2 aromatic rings. The molecule has 6 heteroatoms. The number of carbonyl (C=O) groups is 2. The molecule has 1 amide bonds. The number of hydrogen-bond donors (Lipinski definition) is 2. The Hall–Kier alpha value is -2.53. The van der Waals surface area contributed by atoms with Crippen LogP contribution >= 0.6 is 11.6 Å². The van der Waals surface area contributed by atoms with E-state index in [1.807, 2.05) is 0 Å². The Bertz CT molecular complexity index is 700. The fraction of sp³-hybridized carbons (Fsp3) is 0.176. The Kier molecular flexibility index (Phi) is 5.60. The Morgan fingerprint density at radius 1 is 1.17 bits per heavy atom. The van der Waals surface area contributed by atoms with Gasteiger partial charge in [0.15, 0.2) is 0 Å². The molecular formula is C17H16ClNO4. The molecule has 0 unspecified atom stereocenters. The second-order valence-electron chi connectivity index (χ2n) is 4.90. The number of methoxy groups -OCH3 is 1. The van der Waals surface area contributed by atoms with E-state index in [2.05, 4.69) is 5.32 Å². The average Bonchev–Trinajstić information content (AvgIpc) is 2.55. The van der Waals surface area contributed by atoms with Gasteiger partial charge in [-0.1, -0.05) is 35.9 Å². The van der Waals surface area contributed by atoms with Gasteiger partial charge in [-0.3, -0.25) is 4.79 Å². The molecule has 1 atom stereocenters. The highest BCUT2D eigenvalue weighted by atomic mass is 35.5. The third-order valence-electron chi connectivity index (χ3n) is 3.32. The molecule has 0 aromatic heterocycles. The first-order chi connectivity index (χ1) is 11.0. The Balaban J connectivity index is 2.11. The quantitative estimate of drug-likeness (QED) is 0.852. The zero-order chi connectivity index (χ0) is 16.8. The normalized spacial score (nSPS) is 11.6. The van der Waals surface area contributed by atoms with Crippen LogP contribution in [0.4, 0.5) is 0 Å². The predicted molar refractivity (Wildman–Crippen MR) is 87.0 cm³/mol. The fourth-order valence-electron chi connectivity index (χ4n) is 2.08. The van der Waals surface area contributed by atoms with Gasteiger partial charge in [0.1, 0.15) is 11.8 Å². The van der Waals surface area contributed by atoms with Crippen molar-refractivity contribution in [2.24, 2.45) is 0 Å². The maximum atomic E-state index is 12.2. The van der Waals surface area contributed by atoms with Crippen molar-refractivity contribution >= 4 is 23.5 Å². The number of halogens is 1. The number of benzene rings is 2. The van der Waals surface area contributed by atoms with Crippen molar-refractivity contribution in [3.63, 3.8) is 0 Å². The molecule has 0 fully saturated rings. The van der Waals surface area contributed by atoms with E-state index in [9.17, 15) is 14.7 Å². The molecule has 0 heterocycles. The molecule has 2 N–H and O–H groups in total. The van der Waals surface area contributed by atoms with Gasteiger partial charge in [-0.25, -0.2) is 4.79 Å². The highest BCUT2D eigenvalue weighted by molar-refractivity contribution is 6.33. The van der Waals surface area contributed by atoms with E-state index in [4.69, 9.17) is 16.3 Å². The minimum atomic E-state index is -1.11. The average molecular weight is 334 g/mol. The number of hydrogen-bond acceptors (Lipinski definition) is 3. The van der Waals surface area contributed by atoms with Gasteiger partial charge in [-0.2, -0.15) is 0 Å². The molecule has 0 saturated carbocycles. The summed E-state index contributed by atoms with van der Waals surface area (Å²) in [7, 11) is 1.55. The van der Waals surface area contributed by atoms with E-state index in [0.29, 0.717) is 5.75 Å². The summed E-state index contributed by atoms with van der Waals surface area (Å²) in [4.78, 5) is 23.6. The molecule has 23 heavy (non-hydrogen) atoms. The van der Waals surface area contributed by atoms with Crippen LogP contribution in [0.3, 0.4) is 0 Å². The first kappa shape index (κ1) is 16.8. The predicted octanol–water partition coefficient (Wildman–Crippen LogP) is 2.77. The first-order valence-corrected chi connectivity index (χ1v) is 7.30. The standard InChI is InChI=1S/C17H16ClNO4/c1-23-12-8-6-11(7-9-12)10-15(17(21)22)19-16(20)13-4-2-3-5-14(13)18/h2-9,15H,10H2,1H3,(H,19,20)(H,21,22)/t15-/m1/s1. The number of amides is 1. The molecule has 0 saturated heterocycles. The summed E-state index contributed by atoms with van der Waals surface area (Å²) in [5.74, 6) is -0.946. The summed E-state index contributed by atoms with van der Waals surface area (Å²) < 4.78 is 5.06. The minimum absolute atomic E-state index is 0.162. The zero-order valence-electron chi connectivity index (χ0n) is 12.5. The molecule has 120 valence electrons. The van der Waals surface area contributed by atoms with Crippen LogP contribution in [0.15, 0.2) is 48.5 Å². The molecular weight excluding hydrogens is 318 g/mol. The third kappa shape index (κ3) is 4.47. The molecule has 2 rings (SSSR count). The van der Waals surface area contributed by atoms with Crippen LogP contribution in [0.1, 0.15) is 15.9 Å². The summed E-state index contributed by atoms with van der Waals surface area (Å²) in [5.41, 5.74) is 1.02. The van der Waals surface area contributed by atoms with Crippen molar-refractivity contribution in [2.45, 2.75) is 12.5 Å². The van der Waals surface area contributed by atoms with E-state index in [1.165, 1.54) is 0 Å². The Labute approximate surface area is 138 Å². The SMILES string of the molecule is COc1ccc(C[C@@H](NC(=O)c2ccccc2Cl)C(=O)O)cc1. The number of aliphatic carboxylic acids is 1. The number of nitrogens with one attached hydrogen (secondary N) is 1. The largest absolute Gasteiger partial charge is 0.497 e. The maximum absolute atomic E-state index is 12.2. The topological polar surface area (TPSA) is 75.6 Å². The second kappa shape index (κ2) is 7.65. The Morgan fingerprint density at radius 3 is 2.39 bits per heavy atom. The summed E-state index contributed by atoms with van der Waals surface area (Å²) >= 11 is 5.95. The second-order valence-corrected chi connectivity index (χ2v) is 5.30. The minimum Gasteiger partial charge on any atom is -0.497 e. The molecule has 0 bridgehead atoms. The van der Waals surface area contributed by atoms with Crippen LogP contribution in [0.2, 0.25) is 5.02 Å². The van der Waals surface area contributed by atoms with Crippen molar-refractivity contribution in [1.29, 1.82) is 0 Å². The molecule has 0 spiro atoms. The van der Waals surface area contributed by atoms with Crippen molar-refractivity contribution < 1.29 is 19.4 Å². The molecule has 0 aliphatic heterocycles. The summed E-state index contributed by atoms with van der Waals surface area (Å²) in [6, 6.07) is 12.4. The fourth-order valence-corrected chi connectivity index (χ4v) is 2.30. The number of carbonyl (C=O) groups excluding carboxylic acids is 1. The lowest BCUT2D eigenvalue weighted by Gasteiger charge is -2.15. The lowest BCUT2D eigenvalue weighted by Crippen LogP contribution is -2.42. The van der Waals surface area contributed by atoms with Crippen LogP contribution in [0.25, 0.3) is 0 Å². The van der Waals surface area contributed by atoms with Crippen LogP contribution in [-0.4, -0.2) is 30.1 Å². The third-order valence-corrected chi connectivity index (χ3v) is 3.65. The Morgan fingerprint density at radius 2 is 1.83 bits per heavy atom. The number of carboxylic acid groups (broad SMARTS) is 1. The van der Waals surface area contributed by atoms with Gasteiger partial charge in [0, 0.05) is 6.42 Å². The lowest BCUT2D eigenvalue weighted by atomic mass is 10.1. The van der Waals surface area contributed by atoms with E-state index in [1.54, 1.807) is 55.6 Å². The number of rotatable bonds is 6. The monoisotopic (exact) mass is 333 g/mol. The highest BCUT2D eigenvalue weighted by Gasteiger charge is 2.22. The molecule has 0 radical (unpaired) electrons. The number of carboxylic acids is 1. The summed E-state index contributed by atoms with van der Waals surface area (Å²) in [6.07, 6.45) is 0.162. The van der Waals surface area contributed by atoms with Gasteiger partial charge in [0.2, 0.25) is 0 Å². The van der Waals surface area contributed by atoms with E-state index in [0.717, 1.165) is 5.56 Å². The van der Waals surface area contributed by atoms with Crippen LogP contribution in [0.5, 0.6) is 5.75 Å². The van der Waals surface area contributed by atoms with Gasteiger partial charge >= 0.3 is 5.97 Å². The maximum Gasteiger partial charge on any atom is 0.326 e. The van der Waals surface area contributed by atoms with E-state index >= 15 is 0 Å². The summed E-state index contributed by atoms with van der Waals surface area (Å²) in [5, 5.41) is 12.1. The van der Waals surface area contributed by atoms with Crippen LogP contribution < -0.4 is 10.1 Å². The van der Waals surface area contributed by atoms with Crippen molar-refractivity contribution in [3.05, 3.63) is 64.7 Å². The van der Waals surface area contributed by atoms with Crippen molar-refractivity contribution in [3.8, 4) is 5.75 Å². The van der Waals surface area contributed by atoms with Gasteiger partial charge < -0.3 is 15.2 Å². The lowest BCUT2D eigenvalue weighted by molar-refractivity contribution is -0.139.